The first-order valence-electron chi connectivity index (χ1n) is 10.0. The fourth-order valence-corrected chi connectivity index (χ4v) is 3.60. The van der Waals surface area contributed by atoms with Crippen LogP contribution in [0, 0.1) is 5.92 Å². The van der Waals surface area contributed by atoms with E-state index in [2.05, 4.69) is 53.1 Å². The van der Waals surface area contributed by atoms with Crippen molar-refractivity contribution in [3.05, 3.63) is 0 Å². The van der Waals surface area contributed by atoms with Gasteiger partial charge in [-0.2, -0.15) is 0 Å². The molecular weight excluding hydrogens is 330 g/mol. The van der Waals surface area contributed by atoms with Gasteiger partial charge < -0.3 is 20.1 Å². The van der Waals surface area contributed by atoms with Gasteiger partial charge >= 0.3 is 0 Å². The molecule has 2 aliphatic rings. The van der Waals surface area contributed by atoms with Crippen LogP contribution >= 0.6 is 0 Å². The third-order valence-electron chi connectivity index (χ3n) is 5.12. The van der Waals surface area contributed by atoms with Crippen molar-refractivity contribution in [2.24, 2.45) is 10.9 Å². The van der Waals surface area contributed by atoms with Crippen molar-refractivity contribution in [1.82, 2.24) is 20.4 Å². The van der Waals surface area contributed by atoms with Crippen molar-refractivity contribution in [3.63, 3.8) is 0 Å². The Morgan fingerprint density at radius 1 is 1.15 bits per heavy atom. The quantitative estimate of drug-likeness (QED) is 0.507. The summed E-state index contributed by atoms with van der Waals surface area (Å²) in [4.78, 5) is 9.35. The summed E-state index contributed by atoms with van der Waals surface area (Å²) in [6, 6.07) is 0. The minimum Gasteiger partial charge on any atom is -0.379 e. The van der Waals surface area contributed by atoms with Crippen molar-refractivity contribution in [2.45, 2.75) is 39.3 Å². The van der Waals surface area contributed by atoms with Gasteiger partial charge in [-0.15, -0.1) is 0 Å². The molecule has 2 fully saturated rings. The van der Waals surface area contributed by atoms with E-state index in [-0.39, 0.29) is 11.6 Å². The molecule has 2 rings (SSSR count). The van der Waals surface area contributed by atoms with Gasteiger partial charge in [-0.3, -0.25) is 14.8 Å². The Bertz CT molecular complexity index is 436. The molecular formula is C19H39N5O2. The van der Waals surface area contributed by atoms with Gasteiger partial charge in [0.15, 0.2) is 5.96 Å². The highest BCUT2D eigenvalue weighted by Crippen LogP contribution is 2.15. The highest BCUT2D eigenvalue weighted by molar-refractivity contribution is 5.79. The second-order valence-electron chi connectivity index (χ2n) is 8.36. The van der Waals surface area contributed by atoms with Gasteiger partial charge in [-0.25, -0.2) is 0 Å². The van der Waals surface area contributed by atoms with E-state index in [1.807, 2.05) is 7.05 Å². The third kappa shape index (κ3) is 7.02. The predicted molar refractivity (Wildman–Crippen MR) is 107 cm³/mol. The lowest BCUT2D eigenvalue weighted by molar-refractivity contribution is -0.0285. The molecule has 2 aliphatic heterocycles. The van der Waals surface area contributed by atoms with Crippen LogP contribution in [0.2, 0.25) is 0 Å². The number of ether oxygens (including phenoxy) is 2. The zero-order chi connectivity index (χ0) is 19.0. The van der Waals surface area contributed by atoms with Crippen LogP contribution in [0.3, 0.4) is 0 Å². The average molecular weight is 370 g/mol. The standard InChI is InChI=1S/C19H39N5O2/c1-16(2)13-23-6-11-26-17(14-23)12-21-18(20-5)22-15-19(3,4)24-7-9-25-10-8-24/h16-17H,6-15H2,1-5H3,(H2,20,21,22). The molecule has 2 saturated heterocycles. The molecule has 2 N–H and O–H groups in total. The van der Waals surface area contributed by atoms with Crippen LogP contribution in [0.1, 0.15) is 27.7 Å². The van der Waals surface area contributed by atoms with Crippen LogP contribution < -0.4 is 10.6 Å². The summed E-state index contributed by atoms with van der Waals surface area (Å²) in [5, 5.41) is 6.91. The lowest BCUT2D eigenvalue weighted by atomic mass is 10.0. The molecule has 0 amide bonds. The molecule has 2 heterocycles. The molecule has 0 aromatic carbocycles. The molecule has 26 heavy (non-hydrogen) atoms. The van der Waals surface area contributed by atoms with Crippen molar-refractivity contribution in [1.29, 1.82) is 0 Å². The minimum atomic E-state index is 0.0663. The number of aliphatic imine (C=N–C) groups is 1. The molecule has 7 heteroatoms. The summed E-state index contributed by atoms with van der Waals surface area (Å²) in [5.74, 6) is 1.54. The van der Waals surface area contributed by atoms with Crippen molar-refractivity contribution >= 4 is 5.96 Å². The summed E-state index contributed by atoms with van der Waals surface area (Å²) in [7, 11) is 1.82. The highest BCUT2D eigenvalue weighted by atomic mass is 16.5. The molecule has 1 unspecified atom stereocenters. The predicted octanol–water partition coefficient (Wildman–Crippen LogP) is 0.619. The van der Waals surface area contributed by atoms with Crippen molar-refractivity contribution in [2.75, 3.05) is 72.7 Å². The monoisotopic (exact) mass is 369 g/mol. The van der Waals surface area contributed by atoms with Gasteiger partial charge in [-0.1, -0.05) is 13.8 Å². The number of morpholine rings is 2. The lowest BCUT2D eigenvalue weighted by Crippen LogP contribution is -2.57. The van der Waals surface area contributed by atoms with Crippen LogP contribution in [0.15, 0.2) is 4.99 Å². The Labute approximate surface area is 159 Å². The van der Waals surface area contributed by atoms with Gasteiger partial charge in [0.1, 0.15) is 0 Å². The summed E-state index contributed by atoms with van der Waals surface area (Å²) >= 11 is 0. The molecule has 7 nitrogen and oxygen atoms in total. The number of hydrogen-bond acceptors (Lipinski definition) is 5. The van der Waals surface area contributed by atoms with Gasteiger partial charge in [-0.05, 0) is 19.8 Å². The lowest BCUT2D eigenvalue weighted by Gasteiger charge is -2.41. The first kappa shape index (κ1) is 21.4. The molecule has 0 aromatic heterocycles. The fourth-order valence-electron chi connectivity index (χ4n) is 3.60. The maximum absolute atomic E-state index is 5.92. The Morgan fingerprint density at radius 2 is 1.88 bits per heavy atom. The second-order valence-corrected chi connectivity index (χ2v) is 8.36. The normalized spacial score (nSPS) is 24.1. The maximum Gasteiger partial charge on any atom is 0.191 e. The Hall–Kier alpha value is -0.890. The van der Waals surface area contributed by atoms with E-state index < -0.39 is 0 Å². The second kappa shape index (κ2) is 10.4. The molecule has 0 spiro atoms. The molecule has 0 saturated carbocycles. The summed E-state index contributed by atoms with van der Waals surface area (Å²) in [5.41, 5.74) is 0.0663. The SMILES string of the molecule is CN=C(NCC1CN(CC(C)C)CCO1)NCC(C)(C)N1CCOCC1. The summed E-state index contributed by atoms with van der Waals surface area (Å²) < 4.78 is 11.4. The van der Waals surface area contributed by atoms with E-state index in [0.29, 0.717) is 5.92 Å². The maximum atomic E-state index is 5.92. The average Bonchev–Trinajstić information content (AvgIpc) is 2.62. The molecule has 0 bridgehead atoms. The molecule has 152 valence electrons. The largest absolute Gasteiger partial charge is 0.379 e. The van der Waals surface area contributed by atoms with Crippen LogP contribution in [0.25, 0.3) is 0 Å². The number of nitrogens with one attached hydrogen (secondary N) is 2. The first-order valence-corrected chi connectivity index (χ1v) is 10.0. The van der Waals surface area contributed by atoms with E-state index in [1.54, 1.807) is 0 Å². The zero-order valence-corrected chi connectivity index (χ0v) is 17.4. The molecule has 0 aliphatic carbocycles. The fraction of sp³-hybridized carbons (Fsp3) is 0.947. The topological polar surface area (TPSA) is 61.4 Å². The third-order valence-corrected chi connectivity index (χ3v) is 5.12. The van der Waals surface area contributed by atoms with Gasteiger partial charge in [0.05, 0.1) is 25.9 Å². The van der Waals surface area contributed by atoms with E-state index in [0.717, 1.165) is 71.6 Å². The van der Waals surface area contributed by atoms with E-state index in [9.17, 15) is 0 Å². The van der Waals surface area contributed by atoms with Gasteiger partial charge in [0, 0.05) is 58.4 Å². The number of nitrogens with zero attached hydrogens (tertiary/aromatic N) is 3. The number of guanidine groups is 1. The Kier molecular flexibility index (Phi) is 8.60. The molecule has 0 radical (unpaired) electrons. The van der Waals surface area contributed by atoms with Gasteiger partial charge in [0.2, 0.25) is 0 Å². The van der Waals surface area contributed by atoms with Crippen LogP contribution in [-0.2, 0) is 9.47 Å². The number of hydrogen-bond donors (Lipinski definition) is 2. The van der Waals surface area contributed by atoms with E-state index in [4.69, 9.17) is 9.47 Å². The summed E-state index contributed by atoms with van der Waals surface area (Å²) in [6.45, 7) is 18.3. The van der Waals surface area contributed by atoms with Crippen molar-refractivity contribution in [3.8, 4) is 0 Å². The molecule has 0 aromatic rings. The Morgan fingerprint density at radius 3 is 2.54 bits per heavy atom. The first-order chi connectivity index (χ1) is 12.4. The smallest absolute Gasteiger partial charge is 0.191 e. The highest BCUT2D eigenvalue weighted by Gasteiger charge is 2.28. The minimum absolute atomic E-state index is 0.0663. The number of rotatable bonds is 7. The van der Waals surface area contributed by atoms with E-state index in [1.165, 1.54) is 0 Å². The van der Waals surface area contributed by atoms with Crippen molar-refractivity contribution < 1.29 is 9.47 Å². The van der Waals surface area contributed by atoms with Gasteiger partial charge in [0.25, 0.3) is 0 Å². The zero-order valence-electron chi connectivity index (χ0n) is 17.4. The summed E-state index contributed by atoms with van der Waals surface area (Å²) in [6.07, 6.45) is 0.216. The Balaban J connectivity index is 1.73. The van der Waals surface area contributed by atoms with Crippen LogP contribution in [-0.4, -0.2) is 100 Å². The van der Waals surface area contributed by atoms with Crippen LogP contribution in [0.5, 0.6) is 0 Å². The molecule has 1 atom stereocenters. The van der Waals surface area contributed by atoms with Crippen LogP contribution in [0.4, 0.5) is 0 Å². The van der Waals surface area contributed by atoms with E-state index >= 15 is 0 Å².